The molecule has 4 rings (SSSR count). The summed E-state index contributed by atoms with van der Waals surface area (Å²) in [5.74, 6) is 1.97. The van der Waals surface area contributed by atoms with Crippen LogP contribution in [0.25, 0.3) is 5.65 Å². The molecule has 1 atom stereocenters. The molecule has 0 saturated carbocycles. The average Bonchev–Trinajstić information content (AvgIpc) is 3.22. The predicted octanol–water partition coefficient (Wildman–Crippen LogP) is 3.49. The fourth-order valence-corrected chi connectivity index (χ4v) is 3.51. The van der Waals surface area contributed by atoms with Crippen LogP contribution in [-0.2, 0) is 0 Å². The number of thioether (sulfide) groups is 1. The number of pyridine rings is 1. The predicted molar refractivity (Wildman–Crippen MR) is 118 cm³/mol. The van der Waals surface area contributed by atoms with E-state index in [-0.39, 0.29) is 11.9 Å². The molecular formula is C21H21N7OS. The standard InChI is InChI=1S/C21H21N7OS/c1-30-14-10-17(19-27-26-18-5-2-3-13-28(18)19)25-20(29)15-6-8-16(9-7-15)24-21-22-11-4-12-23-21/h2-9,11-13,17H,10,14H2,1H3,(H,25,29)(H,22,23,24). The van der Waals surface area contributed by atoms with E-state index in [4.69, 9.17) is 0 Å². The summed E-state index contributed by atoms with van der Waals surface area (Å²) in [6, 6.07) is 14.5. The molecule has 152 valence electrons. The summed E-state index contributed by atoms with van der Waals surface area (Å²) in [5, 5.41) is 14.7. The Bertz CT molecular complexity index is 1120. The lowest BCUT2D eigenvalue weighted by Gasteiger charge is -2.17. The molecule has 4 aromatic rings. The van der Waals surface area contributed by atoms with E-state index in [1.807, 2.05) is 47.2 Å². The van der Waals surface area contributed by atoms with Gasteiger partial charge in [-0.25, -0.2) is 9.97 Å². The summed E-state index contributed by atoms with van der Waals surface area (Å²) in [5.41, 5.74) is 2.13. The van der Waals surface area contributed by atoms with E-state index in [1.165, 1.54) is 0 Å². The Morgan fingerprint density at radius 1 is 1.07 bits per heavy atom. The van der Waals surface area contributed by atoms with Crippen LogP contribution in [0.4, 0.5) is 11.6 Å². The SMILES string of the molecule is CSCCC(NC(=O)c1ccc(Nc2ncccn2)cc1)c1nnc2ccccn12. The second-order valence-electron chi connectivity index (χ2n) is 6.57. The maximum Gasteiger partial charge on any atom is 0.251 e. The number of nitrogens with zero attached hydrogens (tertiary/aromatic N) is 5. The van der Waals surface area contributed by atoms with Gasteiger partial charge >= 0.3 is 0 Å². The summed E-state index contributed by atoms with van der Waals surface area (Å²) in [6.45, 7) is 0. The third-order valence-electron chi connectivity index (χ3n) is 4.54. The molecule has 30 heavy (non-hydrogen) atoms. The maximum atomic E-state index is 12.9. The molecule has 0 saturated heterocycles. The van der Waals surface area contributed by atoms with E-state index in [1.54, 1.807) is 42.4 Å². The number of aromatic nitrogens is 5. The Hall–Kier alpha value is -3.46. The Morgan fingerprint density at radius 2 is 1.87 bits per heavy atom. The molecule has 0 bridgehead atoms. The summed E-state index contributed by atoms with van der Waals surface area (Å²) < 4.78 is 1.91. The Balaban J connectivity index is 1.49. The van der Waals surface area contributed by atoms with Gasteiger partial charge in [-0.05, 0) is 60.9 Å². The summed E-state index contributed by atoms with van der Waals surface area (Å²) in [6.07, 6.45) is 8.05. The number of nitrogens with one attached hydrogen (secondary N) is 2. The Labute approximate surface area is 178 Å². The molecule has 3 heterocycles. The van der Waals surface area contributed by atoms with Crippen molar-refractivity contribution in [2.24, 2.45) is 0 Å². The smallest absolute Gasteiger partial charge is 0.251 e. The van der Waals surface area contributed by atoms with Gasteiger partial charge in [-0.3, -0.25) is 9.20 Å². The van der Waals surface area contributed by atoms with Crippen molar-refractivity contribution < 1.29 is 4.79 Å². The molecule has 8 nitrogen and oxygen atoms in total. The third kappa shape index (κ3) is 4.57. The van der Waals surface area contributed by atoms with Crippen LogP contribution in [0.1, 0.15) is 28.6 Å². The average molecular weight is 420 g/mol. The van der Waals surface area contributed by atoms with Gasteiger partial charge in [-0.2, -0.15) is 11.8 Å². The summed E-state index contributed by atoms with van der Waals surface area (Å²) in [7, 11) is 0. The van der Waals surface area contributed by atoms with Crippen molar-refractivity contribution in [2.45, 2.75) is 12.5 Å². The fourth-order valence-electron chi connectivity index (χ4n) is 3.04. The minimum Gasteiger partial charge on any atom is -0.342 e. The van der Waals surface area contributed by atoms with Crippen molar-refractivity contribution in [1.29, 1.82) is 0 Å². The van der Waals surface area contributed by atoms with Crippen molar-refractivity contribution >= 4 is 35.0 Å². The van der Waals surface area contributed by atoms with Crippen molar-refractivity contribution in [3.63, 3.8) is 0 Å². The van der Waals surface area contributed by atoms with Crippen LogP contribution in [-0.4, -0.2) is 42.5 Å². The number of fused-ring (bicyclic) bond motifs is 1. The molecule has 0 spiro atoms. The van der Waals surface area contributed by atoms with Crippen molar-refractivity contribution in [2.75, 3.05) is 17.3 Å². The Morgan fingerprint density at radius 3 is 2.63 bits per heavy atom. The zero-order valence-electron chi connectivity index (χ0n) is 16.4. The van der Waals surface area contributed by atoms with Gasteiger partial charge in [0, 0.05) is 29.8 Å². The highest BCUT2D eigenvalue weighted by Gasteiger charge is 2.20. The molecule has 0 aliphatic rings. The lowest BCUT2D eigenvalue weighted by molar-refractivity contribution is 0.0934. The highest BCUT2D eigenvalue weighted by atomic mass is 32.2. The molecule has 0 aliphatic heterocycles. The van der Waals surface area contributed by atoms with Crippen molar-refractivity contribution in [3.8, 4) is 0 Å². The quantitative estimate of drug-likeness (QED) is 0.451. The number of carbonyl (C=O) groups is 1. The number of amides is 1. The highest BCUT2D eigenvalue weighted by molar-refractivity contribution is 7.98. The van der Waals surface area contributed by atoms with Crippen molar-refractivity contribution in [3.05, 3.63) is 78.5 Å². The molecule has 0 fully saturated rings. The highest BCUT2D eigenvalue weighted by Crippen LogP contribution is 2.20. The molecule has 1 unspecified atom stereocenters. The topological polar surface area (TPSA) is 97.1 Å². The number of benzene rings is 1. The molecule has 0 aliphatic carbocycles. The zero-order chi connectivity index (χ0) is 20.8. The minimum absolute atomic E-state index is 0.156. The number of rotatable bonds is 8. The van der Waals surface area contributed by atoms with Gasteiger partial charge in [0.25, 0.3) is 5.91 Å². The normalized spacial score (nSPS) is 11.9. The number of hydrogen-bond donors (Lipinski definition) is 2. The summed E-state index contributed by atoms with van der Waals surface area (Å²) in [4.78, 5) is 21.2. The molecule has 9 heteroatoms. The third-order valence-corrected chi connectivity index (χ3v) is 5.18. The van der Waals surface area contributed by atoms with Crippen LogP contribution in [0.3, 0.4) is 0 Å². The lowest BCUT2D eigenvalue weighted by Crippen LogP contribution is -2.30. The van der Waals surface area contributed by atoms with Crippen LogP contribution in [0.2, 0.25) is 0 Å². The first-order chi connectivity index (χ1) is 14.7. The molecule has 3 aromatic heterocycles. The molecular weight excluding hydrogens is 398 g/mol. The van der Waals surface area contributed by atoms with Gasteiger partial charge in [0.1, 0.15) is 0 Å². The second kappa shape index (κ2) is 9.36. The molecule has 2 N–H and O–H groups in total. The number of hydrogen-bond acceptors (Lipinski definition) is 7. The largest absolute Gasteiger partial charge is 0.342 e. The summed E-state index contributed by atoms with van der Waals surface area (Å²) >= 11 is 1.73. The van der Waals surface area contributed by atoms with Gasteiger partial charge in [0.05, 0.1) is 6.04 Å². The first kappa shape index (κ1) is 19.8. The van der Waals surface area contributed by atoms with Crippen molar-refractivity contribution in [1.82, 2.24) is 29.9 Å². The number of anilines is 2. The first-order valence-electron chi connectivity index (χ1n) is 9.48. The van der Waals surface area contributed by atoms with Crippen LogP contribution in [0.15, 0.2) is 67.1 Å². The van der Waals surface area contributed by atoms with Crippen LogP contribution in [0.5, 0.6) is 0 Å². The number of carbonyl (C=O) groups excluding carboxylic acids is 1. The zero-order valence-corrected chi connectivity index (χ0v) is 17.2. The van der Waals surface area contributed by atoms with Gasteiger partial charge in [0.15, 0.2) is 11.5 Å². The molecule has 1 amide bonds. The van der Waals surface area contributed by atoms with E-state index in [0.717, 1.165) is 29.3 Å². The molecule has 1 aromatic carbocycles. The van der Waals surface area contributed by atoms with E-state index in [2.05, 4.69) is 30.8 Å². The van der Waals surface area contributed by atoms with E-state index >= 15 is 0 Å². The lowest BCUT2D eigenvalue weighted by atomic mass is 10.1. The van der Waals surface area contributed by atoms with E-state index in [0.29, 0.717) is 11.5 Å². The van der Waals surface area contributed by atoms with E-state index in [9.17, 15) is 4.79 Å². The first-order valence-corrected chi connectivity index (χ1v) is 10.9. The van der Waals surface area contributed by atoms with Crippen LogP contribution < -0.4 is 10.6 Å². The monoisotopic (exact) mass is 419 g/mol. The second-order valence-corrected chi connectivity index (χ2v) is 7.55. The van der Waals surface area contributed by atoms with Gasteiger partial charge in [-0.15, -0.1) is 10.2 Å². The van der Waals surface area contributed by atoms with Crippen LogP contribution in [0, 0.1) is 0 Å². The van der Waals surface area contributed by atoms with Gasteiger partial charge < -0.3 is 10.6 Å². The van der Waals surface area contributed by atoms with Crippen LogP contribution >= 0.6 is 11.8 Å². The van der Waals surface area contributed by atoms with Gasteiger partial charge in [-0.1, -0.05) is 6.07 Å². The minimum atomic E-state index is -0.238. The fraction of sp³-hybridized carbons (Fsp3) is 0.190. The molecule has 0 radical (unpaired) electrons. The maximum absolute atomic E-state index is 12.9. The van der Waals surface area contributed by atoms with E-state index < -0.39 is 0 Å². The van der Waals surface area contributed by atoms with Gasteiger partial charge in [0.2, 0.25) is 5.95 Å². The Kier molecular flexibility index (Phi) is 6.19.